The van der Waals surface area contributed by atoms with Crippen molar-refractivity contribution in [2.75, 3.05) is 13.1 Å². The maximum atomic E-state index is 12.2. The first kappa shape index (κ1) is 13.1. The Morgan fingerprint density at radius 2 is 2.15 bits per heavy atom. The molecule has 106 valence electrons. The molecular formula is C15H20N4O. The van der Waals surface area contributed by atoms with Gasteiger partial charge in [0.1, 0.15) is 0 Å². The first-order valence-electron chi connectivity index (χ1n) is 7.16. The molecule has 1 fully saturated rings. The van der Waals surface area contributed by atoms with Crippen LogP contribution < -0.4 is 5.73 Å². The molecule has 0 unspecified atom stereocenters. The van der Waals surface area contributed by atoms with Crippen molar-refractivity contribution in [1.82, 2.24) is 14.5 Å². The molecule has 1 amide bonds. The summed E-state index contributed by atoms with van der Waals surface area (Å²) in [6.45, 7) is 2.30. The van der Waals surface area contributed by atoms with Crippen LogP contribution in [0.25, 0.3) is 10.9 Å². The minimum Gasteiger partial charge on any atom is -0.346 e. The minimum absolute atomic E-state index is 0.225. The molecule has 1 saturated heterocycles. The number of aromatic nitrogens is 2. The predicted octanol–water partition coefficient (Wildman–Crippen LogP) is 1.38. The summed E-state index contributed by atoms with van der Waals surface area (Å²) in [6.07, 6.45) is 8.03. The van der Waals surface area contributed by atoms with Crippen molar-refractivity contribution in [1.29, 1.82) is 0 Å². The molecule has 5 nitrogen and oxygen atoms in total. The van der Waals surface area contributed by atoms with Gasteiger partial charge < -0.3 is 15.2 Å². The molecule has 1 aliphatic rings. The Kier molecular flexibility index (Phi) is 3.69. The normalized spacial score (nSPS) is 16.8. The highest BCUT2D eigenvalue weighted by Crippen LogP contribution is 2.15. The van der Waals surface area contributed by atoms with E-state index in [2.05, 4.69) is 15.6 Å². The number of amides is 1. The highest BCUT2D eigenvalue weighted by molar-refractivity contribution is 5.79. The predicted molar refractivity (Wildman–Crippen MR) is 78.1 cm³/mol. The standard InChI is InChI=1S/C15H20N4O/c16-13-3-8-19(9-4-13)15(20)5-10-18-7-2-12-1-6-17-11-14(12)18/h1-2,6-7,11,13H,3-5,8-10,16H2. The number of piperidine rings is 1. The van der Waals surface area contributed by atoms with Gasteiger partial charge in [-0.1, -0.05) is 0 Å². The van der Waals surface area contributed by atoms with E-state index in [1.165, 1.54) is 0 Å². The van der Waals surface area contributed by atoms with Crippen molar-refractivity contribution in [2.24, 2.45) is 5.73 Å². The number of nitrogens with zero attached hydrogens (tertiary/aromatic N) is 3. The third-order valence-corrected chi connectivity index (χ3v) is 4.04. The number of hydrogen-bond acceptors (Lipinski definition) is 3. The largest absolute Gasteiger partial charge is 0.346 e. The second-order valence-corrected chi connectivity index (χ2v) is 5.41. The molecule has 5 heteroatoms. The van der Waals surface area contributed by atoms with Gasteiger partial charge in [-0.3, -0.25) is 9.78 Å². The zero-order valence-corrected chi connectivity index (χ0v) is 11.5. The summed E-state index contributed by atoms with van der Waals surface area (Å²) < 4.78 is 2.09. The lowest BCUT2D eigenvalue weighted by molar-refractivity contribution is -0.132. The van der Waals surface area contributed by atoms with Crippen LogP contribution in [0.4, 0.5) is 0 Å². The van der Waals surface area contributed by atoms with Gasteiger partial charge >= 0.3 is 0 Å². The Morgan fingerprint density at radius 1 is 1.35 bits per heavy atom. The molecule has 20 heavy (non-hydrogen) atoms. The number of likely N-dealkylation sites (tertiary alicyclic amines) is 1. The Labute approximate surface area is 118 Å². The fourth-order valence-corrected chi connectivity index (χ4v) is 2.75. The molecule has 0 aromatic carbocycles. The van der Waals surface area contributed by atoms with Gasteiger partial charge in [0, 0.05) is 49.9 Å². The third kappa shape index (κ3) is 2.67. The lowest BCUT2D eigenvalue weighted by Gasteiger charge is -2.30. The molecule has 0 atom stereocenters. The van der Waals surface area contributed by atoms with Gasteiger partial charge in [-0.05, 0) is 25.0 Å². The SMILES string of the molecule is NC1CCN(C(=O)CCn2ccc3ccncc32)CC1. The van der Waals surface area contributed by atoms with Crippen molar-refractivity contribution < 1.29 is 4.79 Å². The van der Waals surface area contributed by atoms with Crippen LogP contribution in [0.15, 0.2) is 30.7 Å². The maximum Gasteiger partial charge on any atom is 0.224 e. The summed E-state index contributed by atoms with van der Waals surface area (Å²) in [6, 6.07) is 4.31. The number of aryl methyl sites for hydroxylation is 1. The molecule has 2 aromatic rings. The fraction of sp³-hybridized carbons (Fsp3) is 0.467. The monoisotopic (exact) mass is 272 g/mol. The Morgan fingerprint density at radius 3 is 2.95 bits per heavy atom. The Hall–Kier alpha value is -1.88. The molecule has 0 aliphatic carbocycles. The van der Waals surface area contributed by atoms with E-state index in [1.807, 2.05) is 23.4 Å². The van der Waals surface area contributed by atoms with E-state index in [1.54, 1.807) is 6.20 Å². The number of pyridine rings is 1. The molecule has 0 saturated carbocycles. The highest BCUT2D eigenvalue weighted by atomic mass is 16.2. The van der Waals surface area contributed by atoms with Gasteiger partial charge in [0.15, 0.2) is 0 Å². The van der Waals surface area contributed by atoms with Gasteiger partial charge in [0.25, 0.3) is 0 Å². The maximum absolute atomic E-state index is 12.2. The quantitative estimate of drug-likeness (QED) is 0.918. The van der Waals surface area contributed by atoms with E-state index < -0.39 is 0 Å². The van der Waals surface area contributed by atoms with E-state index in [4.69, 9.17) is 5.73 Å². The summed E-state index contributed by atoms with van der Waals surface area (Å²) in [5.74, 6) is 0.225. The van der Waals surface area contributed by atoms with Crippen LogP contribution in [-0.4, -0.2) is 39.5 Å². The first-order valence-corrected chi connectivity index (χ1v) is 7.16. The highest BCUT2D eigenvalue weighted by Gasteiger charge is 2.20. The Balaban J connectivity index is 1.60. The zero-order valence-electron chi connectivity index (χ0n) is 11.5. The smallest absolute Gasteiger partial charge is 0.224 e. The average molecular weight is 272 g/mol. The number of hydrogen-bond donors (Lipinski definition) is 1. The molecular weight excluding hydrogens is 252 g/mol. The lowest BCUT2D eigenvalue weighted by atomic mass is 10.1. The van der Waals surface area contributed by atoms with Crippen molar-refractivity contribution in [3.05, 3.63) is 30.7 Å². The molecule has 0 bridgehead atoms. The van der Waals surface area contributed by atoms with Crippen LogP contribution in [0.5, 0.6) is 0 Å². The fourth-order valence-electron chi connectivity index (χ4n) is 2.75. The summed E-state index contributed by atoms with van der Waals surface area (Å²) in [4.78, 5) is 18.3. The van der Waals surface area contributed by atoms with E-state index in [-0.39, 0.29) is 11.9 Å². The molecule has 0 radical (unpaired) electrons. The second-order valence-electron chi connectivity index (χ2n) is 5.41. The van der Waals surface area contributed by atoms with Gasteiger partial charge in [-0.15, -0.1) is 0 Å². The summed E-state index contributed by atoms with van der Waals surface area (Å²) in [5.41, 5.74) is 6.95. The lowest BCUT2D eigenvalue weighted by Crippen LogP contribution is -2.43. The minimum atomic E-state index is 0.225. The molecule has 1 aliphatic heterocycles. The van der Waals surface area contributed by atoms with Crippen molar-refractivity contribution in [3.63, 3.8) is 0 Å². The van der Waals surface area contributed by atoms with E-state index in [9.17, 15) is 4.79 Å². The van der Waals surface area contributed by atoms with Crippen LogP contribution in [0, 0.1) is 0 Å². The molecule has 2 N–H and O–H groups in total. The molecule has 0 spiro atoms. The summed E-state index contributed by atoms with van der Waals surface area (Å²) in [7, 11) is 0. The summed E-state index contributed by atoms with van der Waals surface area (Å²) >= 11 is 0. The molecule has 2 aromatic heterocycles. The average Bonchev–Trinajstić information content (AvgIpc) is 2.89. The van der Waals surface area contributed by atoms with Crippen LogP contribution in [0.2, 0.25) is 0 Å². The molecule has 3 heterocycles. The van der Waals surface area contributed by atoms with Gasteiger partial charge in [-0.2, -0.15) is 0 Å². The van der Waals surface area contributed by atoms with Crippen molar-refractivity contribution >= 4 is 16.8 Å². The van der Waals surface area contributed by atoms with Gasteiger partial charge in [0.2, 0.25) is 5.91 Å². The molecule has 3 rings (SSSR count). The number of fused-ring (bicyclic) bond motifs is 1. The second kappa shape index (κ2) is 5.63. The van der Waals surface area contributed by atoms with Crippen LogP contribution in [-0.2, 0) is 11.3 Å². The van der Waals surface area contributed by atoms with Crippen molar-refractivity contribution in [3.8, 4) is 0 Å². The van der Waals surface area contributed by atoms with Crippen molar-refractivity contribution in [2.45, 2.75) is 31.8 Å². The van der Waals surface area contributed by atoms with Crippen LogP contribution in [0.1, 0.15) is 19.3 Å². The number of nitrogens with two attached hydrogens (primary N) is 1. The van der Waals surface area contributed by atoms with E-state index in [0.717, 1.165) is 36.8 Å². The van der Waals surface area contributed by atoms with E-state index in [0.29, 0.717) is 13.0 Å². The Bertz CT molecular complexity index is 599. The van der Waals surface area contributed by atoms with Gasteiger partial charge in [0.05, 0.1) is 11.7 Å². The zero-order chi connectivity index (χ0) is 13.9. The third-order valence-electron chi connectivity index (χ3n) is 4.04. The van der Waals surface area contributed by atoms with Crippen LogP contribution >= 0.6 is 0 Å². The van der Waals surface area contributed by atoms with Crippen LogP contribution in [0.3, 0.4) is 0 Å². The van der Waals surface area contributed by atoms with Gasteiger partial charge in [-0.25, -0.2) is 0 Å². The number of carbonyl (C=O) groups excluding carboxylic acids is 1. The van der Waals surface area contributed by atoms with E-state index >= 15 is 0 Å². The number of carbonyl (C=O) groups is 1. The topological polar surface area (TPSA) is 64.2 Å². The summed E-state index contributed by atoms with van der Waals surface area (Å²) in [5, 5.41) is 1.16. The number of rotatable bonds is 3. The first-order chi connectivity index (χ1) is 9.74.